The molecule has 0 radical (unpaired) electrons. The van der Waals surface area contributed by atoms with E-state index in [1.165, 1.54) is 6.21 Å². The molecule has 1 aliphatic heterocycles. The van der Waals surface area contributed by atoms with Crippen LogP contribution in [0, 0.1) is 0 Å². The Hall–Kier alpha value is -0.601. The van der Waals surface area contributed by atoms with Crippen molar-refractivity contribution in [2.24, 2.45) is 4.99 Å². The van der Waals surface area contributed by atoms with Crippen LogP contribution < -0.4 is 0 Å². The second kappa shape index (κ2) is 3.43. The zero-order valence-electron chi connectivity index (χ0n) is 4.52. The molecule has 0 saturated carbocycles. The van der Waals surface area contributed by atoms with Gasteiger partial charge in [-0.05, 0) is 0 Å². The van der Waals surface area contributed by atoms with Gasteiger partial charge < -0.3 is 5.11 Å². The average molecular weight is 167 g/mol. The molecule has 9 heavy (non-hydrogen) atoms. The van der Waals surface area contributed by atoms with Crippen molar-refractivity contribution in [2.75, 3.05) is 0 Å². The van der Waals surface area contributed by atoms with Crippen molar-refractivity contribution in [3.63, 3.8) is 0 Å². The molecule has 1 N–H and O–H groups in total. The van der Waals surface area contributed by atoms with Gasteiger partial charge in [0.15, 0.2) is 5.76 Å². The van der Waals surface area contributed by atoms with E-state index in [1.807, 2.05) is 0 Å². The predicted molar refractivity (Wildman–Crippen MR) is 28.8 cm³/mol. The summed E-state index contributed by atoms with van der Waals surface area (Å²) in [5.74, 6) is -0.507. The van der Waals surface area contributed by atoms with E-state index in [2.05, 4.69) is 4.99 Å². The van der Waals surface area contributed by atoms with Crippen LogP contribution in [-0.4, -0.2) is 17.1 Å². The number of nitrogens with zero attached hydrogens (tertiary/aromatic N) is 1. The molecule has 1 aliphatic rings. The van der Waals surface area contributed by atoms with Gasteiger partial charge in [-0.15, -0.1) is 0 Å². The van der Waals surface area contributed by atoms with E-state index >= 15 is 0 Å². The molecule has 0 unspecified atom stereocenters. The fourth-order valence-electron chi connectivity index (χ4n) is 0.435. The van der Waals surface area contributed by atoms with Crippen LogP contribution >= 0.6 is 0 Å². The van der Waals surface area contributed by atoms with Gasteiger partial charge in [-0.1, -0.05) is 0 Å². The van der Waals surface area contributed by atoms with Crippen LogP contribution in [0.15, 0.2) is 17.0 Å². The summed E-state index contributed by atoms with van der Waals surface area (Å²) >= 11 is 0. The molecular formula is C5H5FeNO2. The fraction of sp³-hybridized carbons (Fsp3) is 0.200. The van der Waals surface area contributed by atoms with E-state index in [0.29, 0.717) is 0 Å². The molecule has 0 aromatic heterocycles. The Bertz CT molecular complexity index is 174. The standard InChI is InChI=1S/C5H5NO2.Fe/c7-4-1-2-6-3-5(4)8;/h2-3,8H,1H2;. The van der Waals surface area contributed by atoms with Gasteiger partial charge in [-0.2, -0.15) is 0 Å². The summed E-state index contributed by atoms with van der Waals surface area (Å²) in [6.07, 6.45) is 2.83. The zero-order chi connectivity index (χ0) is 5.98. The second-order valence-electron chi connectivity index (χ2n) is 1.47. The first-order chi connectivity index (χ1) is 3.80. The largest absolute Gasteiger partial charge is 0.503 e. The number of aliphatic hydroxyl groups excluding tert-OH is 1. The number of aliphatic imine (C=N–C) groups is 1. The Morgan fingerprint density at radius 1 is 1.67 bits per heavy atom. The fourth-order valence-corrected chi connectivity index (χ4v) is 0.435. The van der Waals surface area contributed by atoms with Gasteiger partial charge in [-0.3, -0.25) is 9.79 Å². The zero-order valence-corrected chi connectivity index (χ0v) is 5.62. The molecule has 0 aliphatic carbocycles. The van der Waals surface area contributed by atoms with Crippen molar-refractivity contribution >= 4 is 12.0 Å². The van der Waals surface area contributed by atoms with Gasteiger partial charge >= 0.3 is 0 Å². The maximum atomic E-state index is 10.4. The average Bonchev–Trinajstić information content (AvgIpc) is 1.77. The Morgan fingerprint density at radius 3 is 2.67 bits per heavy atom. The molecule has 50 valence electrons. The van der Waals surface area contributed by atoms with Crippen molar-refractivity contribution in [1.82, 2.24) is 0 Å². The van der Waals surface area contributed by atoms with Gasteiger partial charge in [0, 0.05) is 29.7 Å². The molecule has 0 spiro atoms. The molecule has 1 rings (SSSR count). The Kier molecular flexibility index (Phi) is 3.20. The van der Waals surface area contributed by atoms with Crippen molar-refractivity contribution in [2.45, 2.75) is 6.42 Å². The third kappa shape index (κ3) is 1.99. The molecule has 0 aromatic rings. The summed E-state index contributed by atoms with van der Waals surface area (Å²) < 4.78 is 0. The van der Waals surface area contributed by atoms with E-state index in [1.54, 1.807) is 0 Å². The minimum atomic E-state index is -0.264. The summed E-state index contributed by atoms with van der Waals surface area (Å²) in [4.78, 5) is 13.9. The first-order valence-corrected chi connectivity index (χ1v) is 2.24. The van der Waals surface area contributed by atoms with Gasteiger partial charge in [0.05, 0.1) is 6.20 Å². The molecule has 0 fully saturated rings. The topological polar surface area (TPSA) is 49.7 Å². The molecule has 0 aromatic carbocycles. The van der Waals surface area contributed by atoms with Gasteiger partial charge in [-0.25, -0.2) is 0 Å². The van der Waals surface area contributed by atoms with Gasteiger partial charge in [0.25, 0.3) is 0 Å². The Labute approximate surface area is 63.0 Å². The first-order valence-electron chi connectivity index (χ1n) is 2.24. The van der Waals surface area contributed by atoms with Crippen LogP contribution in [0.25, 0.3) is 0 Å². The van der Waals surface area contributed by atoms with Crippen LogP contribution in [0.4, 0.5) is 0 Å². The van der Waals surface area contributed by atoms with Crippen molar-refractivity contribution in [3.05, 3.63) is 12.0 Å². The Morgan fingerprint density at radius 2 is 2.33 bits per heavy atom. The van der Waals surface area contributed by atoms with E-state index < -0.39 is 0 Å². The van der Waals surface area contributed by atoms with Crippen molar-refractivity contribution < 1.29 is 27.0 Å². The maximum Gasteiger partial charge on any atom is 0.204 e. The molecule has 4 heteroatoms. The van der Waals surface area contributed by atoms with Gasteiger partial charge in [0.1, 0.15) is 0 Å². The number of Topliss-reactive ketones (excluding diaryl/α,β-unsaturated/α-hetero) is 1. The number of carbonyl (C=O) groups is 1. The molecule has 0 bridgehead atoms. The third-order valence-electron chi connectivity index (χ3n) is 0.865. The van der Waals surface area contributed by atoms with E-state index in [4.69, 9.17) is 5.11 Å². The van der Waals surface area contributed by atoms with Gasteiger partial charge in [0.2, 0.25) is 5.78 Å². The van der Waals surface area contributed by atoms with Crippen LogP contribution in [0.5, 0.6) is 0 Å². The smallest absolute Gasteiger partial charge is 0.204 e. The summed E-state index contributed by atoms with van der Waals surface area (Å²) in [5.41, 5.74) is 0. The number of hydrogen-bond acceptors (Lipinski definition) is 3. The normalized spacial score (nSPS) is 16.4. The van der Waals surface area contributed by atoms with Crippen LogP contribution in [0.3, 0.4) is 0 Å². The molecule has 1 heterocycles. The summed E-state index contributed by atoms with van der Waals surface area (Å²) in [6.45, 7) is 0. The second-order valence-corrected chi connectivity index (χ2v) is 1.47. The van der Waals surface area contributed by atoms with E-state index in [-0.39, 0.29) is 35.0 Å². The van der Waals surface area contributed by atoms with E-state index in [9.17, 15) is 4.79 Å². The minimum absolute atomic E-state index is 0. The minimum Gasteiger partial charge on any atom is -0.503 e. The molecule has 3 nitrogen and oxygen atoms in total. The van der Waals surface area contributed by atoms with Crippen LogP contribution in [0.2, 0.25) is 0 Å². The van der Waals surface area contributed by atoms with Crippen molar-refractivity contribution in [3.8, 4) is 0 Å². The predicted octanol–water partition coefficient (Wildman–Crippen LogP) is 0.427. The van der Waals surface area contributed by atoms with Crippen LogP contribution in [-0.2, 0) is 21.9 Å². The maximum absolute atomic E-state index is 10.4. The molecule has 0 saturated heterocycles. The number of ketones is 1. The molecule has 0 atom stereocenters. The monoisotopic (exact) mass is 167 g/mol. The quantitative estimate of drug-likeness (QED) is 0.531. The number of aliphatic hydroxyl groups is 1. The summed E-state index contributed by atoms with van der Waals surface area (Å²) in [5, 5.41) is 8.58. The number of allylic oxidation sites excluding steroid dienone is 1. The molecule has 0 amide bonds. The third-order valence-corrected chi connectivity index (χ3v) is 0.865. The summed E-state index contributed by atoms with van der Waals surface area (Å²) in [6, 6.07) is 0. The number of rotatable bonds is 0. The number of hydrogen-bond donors (Lipinski definition) is 1. The van der Waals surface area contributed by atoms with Crippen molar-refractivity contribution in [1.29, 1.82) is 0 Å². The first kappa shape index (κ1) is 8.40. The SMILES string of the molecule is O=C1CC=NC=C1O.[Fe]. The Balaban J connectivity index is 0.000000640. The summed E-state index contributed by atoms with van der Waals surface area (Å²) in [7, 11) is 0. The van der Waals surface area contributed by atoms with E-state index in [0.717, 1.165) is 6.20 Å². The van der Waals surface area contributed by atoms with Crippen LogP contribution in [0.1, 0.15) is 6.42 Å². The number of carbonyl (C=O) groups excluding carboxylic acids is 1. The molecular weight excluding hydrogens is 162 g/mol.